The number of aromatic nitrogens is 2. The van der Waals surface area contributed by atoms with Crippen LogP contribution in [-0.4, -0.2) is 4.98 Å². The fourth-order valence-corrected chi connectivity index (χ4v) is 7.84. The summed E-state index contributed by atoms with van der Waals surface area (Å²) in [4.78, 5) is 3.74. The predicted molar refractivity (Wildman–Crippen MR) is 212 cm³/mol. The molecule has 1 heterocycles. The molecule has 2 unspecified atom stereocenters. The van der Waals surface area contributed by atoms with Crippen molar-refractivity contribution < 1.29 is 4.57 Å². The molecule has 0 spiro atoms. The van der Waals surface area contributed by atoms with Crippen LogP contribution in [-0.2, 0) is 0 Å². The summed E-state index contributed by atoms with van der Waals surface area (Å²) in [5.41, 5.74) is 0. The van der Waals surface area contributed by atoms with Gasteiger partial charge in [-0.25, -0.2) is 9.55 Å². The third-order valence-electron chi connectivity index (χ3n) is 11.1. The maximum Gasteiger partial charge on any atom is 0.257 e. The Balaban J connectivity index is 2.22. The first-order chi connectivity index (χ1) is 23.2. The third-order valence-corrected chi connectivity index (χ3v) is 11.1. The number of hydrogen-bond donors (Lipinski definition) is 1. The lowest BCUT2D eigenvalue weighted by molar-refractivity contribution is -0.727. The molecule has 2 nitrogen and oxygen atoms in total. The Hall–Kier alpha value is -0.790. The smallest absolute Gasteiger partial charge is 0.247 e. The molecule has 1 N–H and O–H groups in total. The summed E-state index contributed by atoms with van der Waals surface area (Å²) in [6, 6.07) is 0.618. The van der Waals surface area contributed by atoms with Crippen LogP contribution in [0.15, 0.2) is 12.4 Å². The highest BCUT2D eigenvalue weighted by molar-refractivity contribution is 4.90. The standard InChI is InChI=1S/C45H88N2/c1-5-8-11-14-16-18-20-22-23-24-26-28-30-32-34-37-40-44(39-36-13-10-7-3)45-46-41-42-47(45)43(4)38-35-33-31-29-27-25-21-19-17-15-12-9-6-2/h41-44H,5-40H2,1-4H3/p+1. The molecular formula is C45H89N2+. The van der Waals surface area contributed by atoms with Gasteiger partial charge in [0.2, 0.25) is 0 Å². The summed E-state index contributed by atoms with van der Waals surface area (Å²) in [5.74, 6) is 2.24. The fourth-order valence-electron chi connectivity index (χ4n) is 7.84. The van der Waals surface area contributed by atoms with Gasteiger partial charge in [-0.15, -0.1) is 0 Å². The first-order valence-electron chi connectivity index (χ1n) is 22.3. The predicted octanol–water partition coefficient (Wildman–Crippen LogP) is 16.1. The van der Waals surface area contributed by atoms with E-state index >= 15 is 0 Å². The van der Waals surface area contributed by atoms with E-state index in [1.807, 2.05) is 0 Å². The summed E-state index contributed by atoms with van der Waals surface area (Å²) in [6.45, 7) is 9.43. The van der Waals surface area contributed by atoms with Crippen LogP contribution >= 0.6 is 0 Å². The summed E-state index contributed by atoms with van der Waals surface area (Å²) in [7, 11) is 0. The lowest BCUT2D eigenvalue weighted by Crippen LogP contribution is -2.41. The molecule has 0 aliphatic carbocycles. The molecule has 0 aliphatic rings. The van der Waals surface area contributed by atoms with Gasteiger partial charge in [0.25, 0.3) is 5.82 Å². The number of imidazole rings is 1. The second kappa shape index (κ2) is 35.1. The van der Waals surface area contributed by atoms with E-state index in [9.17, 15) is 0 Å². The van der Waals surface area contributed by atoms with Crippen molar-refractivity contribution in [3.05, 3.63) is 18.2 Å². The van der Waals surface area contributed by atoms with Gasteiger partial charge in [-0.3, -0.25) is 0 Å². The zero-order valence-corrected chi connectivity index (χ0v) is 33.2. The van der Waals surface area contributed by atoms with Gasteiger partial charge in [0.15, 0.2) is 0 Å². The van der Waals surface area contributed by atoms with E-state index in [0.717, 1.165) is 0 Å². The van der Waals surface area contributed by atoms with Crippen LogP contribution in [0.5, 0.6) is 0 Å². The Morgan fingerprint density at radius 3 is 1.02 bits per heavy atom. The van der Waals surface area contributed by atoms with E-state index < -0.39 is 0 Å². The second-order valence-corrected chi connectivity index (χ2v) is 15.8. The SMILES string of the molecule is CCCCCCCCCCCCCCCCCCC(CCCCCC)c1[nH]cc[n+]1C(C)CCCCCCCCCCCCCCC. The van der Waals surface area contributed by atoms with Gasteiger partial charge in [0.05, 0.1) is 12.0 Å². The van der Waals surface area contributed by atoms with Crippen LogP contribution in [0.1, 0.15) is 277 Å². The Morgan fingerprint density at radius 1 is 0.404 bits per heavy atom. The number of nitrogens with zero attached hydrogens (tertiary/aromatic N) is 1. The molecule has 1 rings (SSSR count). The molecule has 0 aromatic carbocycles. The number of unbranched alkanes of at least 4 members (excludes halogenated alkanes) is 30. The highest BCUT2D eigenvalue weighted by Crippen LogP contribution is 2.27. The van der Waals surface area contributed by atoms with Crippen LogP contribution in [0.25, 0.3) is 0 Å². The monoisotopic (exact) mass is 658 g/mol. The number of aromatic amines is 1. The fraction of sp³-hybridized carbons (Fsp3) is 0.933. The van der Waals surface area contributed by atoms with Crippen molar-refractivity contribution in [3.63, 3.8) is 0 Å². The molecule has 0 radical (unpaired) electrons. The van der Waals surface area contributed by atoms with Gasteiger partial charge in [0.1, 0.15) is 12.4 Å². The van der Waals surface area contributed by atoms with E-state index in [4.69, 9.17) is 0 Å². The van der Waals surface area contributed by atoms with Crippen LogP contribution in [0.3, 0.4) is 0 Å². The lowest BCUT2D eigenvalue weighted by Gasteiger charge is -2.17. The minimum absolute atomic E-state index is 0.618. The molecule has 1 aromatic rings. The number of hydrogen-bond acceptors (Lipinski definition) is 0. The van der Waals surface area contributed by atoms with Gasteiger partial charge in [-0.05, 0) is 32.6 Å². The zero-order valence-electron chi connectivity index (χ0n) is 33.2. The first-order valence-corrected chi connectivity index (χ1v) is 22.3. The van der Waals surface area contributed by atoms with Crippen LogP contribution in [0, 0.1) is 0 Å². The quantitative estimate of drug-likeness (QED) is 0.0539. The Bertz CT molecular complexity index is 723. The average molecular weight is 658 g/mol. The minimum Gasteiger partial charge on any atom is -0.247 e. The van der Waals surface area contributed by atoms with E-state index in [2.05, 4.69) is 49.6 Å². The van der Waals surface area contributed by atoms with Crippen LogP contribution < -0.4 is 4.57 Å². The average Bonchev–Trinajstić information content (AvgIpc) is 3.57. The Labute approximate surface area is 297 Å². The van der Waals surface area contributed by atoms with Gasteiger partial charge < -0.3 is 0 Å². The van der Waals surface area contributed by atoms with Crippen LogP contribution in [0.2, 0.25) is 0 Å². The molecule has 0 saturated heterocycles. The van der Waals surface area contributed by atoms with Gasteiger partial charge >= 0.3 is 0 Å². The van der Waals surface area contributed by atoms with E-state index in [1.54, 1.807) is 0 Å². The highest BCUT2D eigenvalue weighted by atomic mass is 15.1. The van der Waals surface area contributed by atoms with E-state index in [0.29, 0.717) is 12.0 Å². The van der Waals surface area contributed by atoms with Crippen molar-refractivity contribution >= 4 is 0 Å². The van der Waals surface area contributed by atoms with Crippen molar-refractivity contribution in [1.29, 1.82) is 0 Å². The summed E-state index contributed by atoms with van der Waals surface area (Å²) < 4.78 is 2.64. The molecule has 1 aromatic heterocycles. The molecule has 0 saturated carbocycles. The zero-order chi connectivity index (χ0) is 33.9. The molecule has 0 amide bonds. The maximum absolute atomic E-state index is 3.74. The Morgan fingerprint density at radius 2 is 0.681 bits per heavy atom. The third kappa shape index (κ3) is 26.7. The minimum atomic E-state index is 0.618. The van der Waals surface area contributed by atoms with Crippen molar-refractivity contribution in [3.8, 4) is 0 Å². The highest BCUT2D eigenvalue weighted by Gasteiger charge is 2.25. The van der Waals surface area contributed by atoms with Gasteiger partial charge in [0, 0.05) is 0 Å². The molecule has 0 fully saturated rings. The lowest BCUT2D eigenvalue weighted by atomic mass is 9.93. The van der Waals surface area contributed by atoms with Gasteiger partial charge in [-0.1, -0.05) is 226 Å². The van der Waals surface area contributed by atoms with E-state index in [1.165, 1.54) is 237 Å². The van der Waals surface area contributed by atoms with Gasteiger partial charge in [-0.2, -0.15) is 0 Å². The molecule has 278 valence electrons. The largest absolute Gasteiger partial charge is 0.257 e. The second-order valence-electron chi connectivity index (χ2n) is 15.8. The topological polar surface area (TPSA) is 19.7 Å². The van der Waals surface area contributed by atoms with Crippen molar-refractivity contribution in [2.24, 2.45) is 0 Å². The van der Waals surface area contributed by atoms with Crippen molar-refractivity contribution in [2.75, 3.05) is 0 Å². The Kier molecular flexibility index (Phi) is 33.0. The van der Waals surface area contributed by atoms with Crippen molar-refractivity contribution in [2.45, 2.75) is 271 Å². The summed E-state index contributed by atoms with van der Waals surface area (Å²) in [5, 5.41) is 0. The maximum atomic E-state index is 3.74. The summed E-state index contributed by atoms with van der Waals surface area (Å²) >= 11 is 0. The molecule has 2 heteroatoms. The number of H-pyrrole nitrogens is 1. The number of rotatable bonds is 38. The normalized spacial score (nSPS) is 13.0. The van der Waals surface area contributed by atoms with E-state index in [-0.39, 0.29) is 0 Å². The molecule has 47 heavy (non-hydrogen) atoms. The molecule has 0 aliphatic heterocycles. The molecular weight excluding hydrogens is 569 g/mol. The van der Waals surface area contributed by atoms with Crippen molar-refractivity contribution in [1.82, 2.24) is 4.98 Å². The summed E-state index contributed by atoms with van der Waals surface area (Å²) in [6.07, 6.45) is 56.2. The van der Waals surface area contributed by atoms with Crippen LogP contribution in [0.4, 0.5) is 0 Å². The number of nitrogens with one attached hydrogen (secondary N) is 1. The molecule has 0 bridgehead atoms. The molecule has 2 atom stereocenters. The first kappa shape index (κ1) is 44.2.